The first-order chi connectivity index (χ1) is 18.7. The van der Waals surface area contributed by atoms with Crippen LogP contribution in [0.4, 0.5) is 30.2 Å². The lowest BCUT2D eigenvalue weighted by atomic mass is 10.1. The fourth-order valence-electron chi connectivity index (χ4n) is 4.13. The molecule has 3 heterocycles. The molecular formula is C29H25F3N6O. The lowest BCUT2D eigenvalue weighted by Gasteiger charge is -2.17. The molecule has 5 rings (SSSR count). The number of allylic oxidation sites excluding steroid dienone is 5. The Kier molecular flexibility index (Phi) is 7.00. The Labute approximate surface area is 223 Å². The van der Waals surface area contributed by atoms with E-state index in [9.17, 15) is 18.3 Å². The highest BCUT2D eigenvalue weighted by molar-refractivity contribution is 5.74. The second-order valence-corrected chi connectivity index (χ2v) is 9.08. The third-order valence-corrected chi connectivity index (χ3v) is 6.20. The van der Waals surface area contributed by atoms with Gasteiger partial charge in [-0.05, 0) is 60.7 Å². The van der Waals surface area contributed by atoms with Crippen LogP contribution in [0.15, 0.2) is 96.1 Å². The van der Waals surface area contributed by atoms with Gasteiger partial charge in [0, 0.05) is 30.7 Å². The third-order valence-electron chi connectivity index (χ3n) is 6.20. The molecule has 0 saturated heterocycles. The number of nitrogens with zero attached hydrogens (tertiary/aromatic N) is 4. The first-order valence-corrected chi connectivity index (χ1v) is 12.1. The van der Waals surface area contributed by atoms with Gasteiger partial charge in [-0.15, -0.1) is 0 Å². The minimum absolute atomic E-state index is 0.178. The minimum Gasteiger partial charge on any atom is -0.370 e. The van der Waals surface area contributed by atoms with Gasteiger partial charge in [0.25, 0.3) is 0 Å². The highest BCUT2D eigenvalue weighted by atomic mass is 19.4. The van der Waals surface area contributed by atoms with Crippen LogP contribution in [0.3, 0.4) is 0 Å². The number of alkyl halides is 3. The van der Waals surface area contributed by atoms with Crippen molar-refractivity contribution in [3.8, 4) is 11.8 Å². The van der Waals surface area contributed by atoms with Crippen molar-refractivity contribution in [3.63, 3.8) is 0 Å². The van der Waals surface area contributed by atoms with E-state index in [1.807, 2.05) is 55.1 Å². The first kappa shape index (κ1) is 25.9. The molecule has 0 bridgehead atoms. The van der Waals surface area contributed by atoms with Crippen molar-refractivity contribution >= 4 is 22.7 Å². The maximum atomic E-state index is 13.0. The molecule has 3 aromatic heterocycles. The summed E-state index contributed by atoms with van der Waals surface area (Å²) in [5, 5.41) is 20.9. The number of nitrogens with one attached hydrogen (secondary N) is 2. The number of anilines is 3. The molecule has 39 heavy (non-hydrogen) atoms. The molecule has 0 radical (unpaired) electrons. The van der Waals surface area contributed by atoms with E-state index in [0.717, 1.165) is 40.3 Å². The molecule has 4 aromatic rings. The molecule has 1 aliphatic rings. The van der Waals surface area contributed by atoms with Crippen LogP contribution in [0, 0.1) is 11.8 Å². The summed E-state index contributed by atoms with van der Waals surface area (Å²) in [4.78, 5) is 4.53. The molecule has 0 fully saturated rings. The fraction of sp³-hybridized carbons (Fsp3) is 0.172. The number of hydrogen-bond acceptors (Lipinski definition) is 5. The monoisotopic (exact) mass is 530 g/mol. The third kappa shape index (κ3) is 5.89. The molecule has 10 heteroatoms. The molecule has 0 aliphatic heterocycles. The zero-order chi connectivity index (χ0) is 27.6. The summed E-state index contributed by atoms with van der Waals surface area (Å²) in [6, 6.07) is 8.58. The fourth-order valence-corrected chi connectivity index (χ4v) is 4.13. The number of benzene rings is 1. The number of aliphatic hydroxyl groups is 1. The topological polar surface area (TPSA) is 79.4 Å². The Balaban J connectivity index is 1.32. The predicted octanol–water partition coefficient (Wildman–Crippen LogP) is 5.82. The van der Waals surface area contributed by atoms with Crippen LogP contribution >= 0.6 is 0 Å². The highest BCUT2D eigenvalue weighted by Crippen LogP contribution is 2.31. The van der Waals surface area contributed by atoms with Crippen molar-refractivity contribution in [2.75, 3.05) is 10.6 Å². The van der Waals surface area contributed by atoms with E-state index in [-0.39, 0.29) is 5.69 Å². The summed E-state index contributed by atoms with van der Waals surface area (Å²) in [5.41, 5.74) is 4.77. The molecule has 1 unspecified atom stereocenters. The van der Waals surface area contributed by atoms with Gasteiger partial charge in [-0.25, -0.2) is 4.98 Å². The van der Waals surface area contributed by atoms with E-state index >= 15 is 0 Å². The zero-order valence-corrected chi connectivity index (χ0v) is 21.2. The number of aryl methyl sites for hydroxylation is 1. The van der Waals surface area contributed by atoms with E-state index in [1.54, 1.807) is 23.2 Å². The highest BCUT2D eigenvalue weighted by Gasteiger charge is 2.30. The van der Waals surface area contributed by atoms with Crippen molar-refractivity contribution in [3.05, 3.63) is 107 Å². The predicted molar refractivity (Wildman–Crippen MR) is 144 cm³/mol. The van der Waals surface area contributed by atoms with Gasteiger partial charge < -0.3 is 15.7 Å². The quantitative estimate of drug-likeness (QED) is 0.224. The van der Waals surface area contributed by atoms with Gasteiger partial charge in [-0.2, -0.15) is 18.3 Å². The van der Waals surface area contributed by atoms with E-state index in [1.165, 1.54) is 12.1 Å². The van der Waals surface area contributed by atoms with E-state index in [0.29, 0.717) is 17.7 Å². The second-order valence-electron chi connectivity index (χ2n) is 9.08. The maximum absolute atomic E-state index is 13.0. The van der Waals surface area contributed by atoms with Crippen molar-refractivity contribution in [1.29, 1.82) is 0 Å². The van der Waals surface area contributed by atoms with Gasteiger partial charge in [0.05, 0.1) is 29.3 Å². The van der Waals surface area contributed by atoms with Gasteiger partial charge in [0.1, 0.15) is 11.9 Å². The smallest absolute Gasteiger partial charge is 0.370 e. The van der Waals surface area contributed by atoms with Gasteiger partial charge >= 0.3 is 6.18 Å². The summed E-state index contributed by atoms with van der Waals surface area (Å²) < 4.78 is 42.7. The summed E-state index contributed by atoms with van der Waals surface area (Å²) in [5.74, 6) is 6.38. The van der Waals surface area contributed by atoms with Crippen LogP contribution in [0.1, 0.15) is 24.6 Å². The number of pyridine rings is 1. The Hall–Kier alpha value is -4.75. The standard InChI is InChI=1S/C29H25F3N6O/c1-19-8-9-21(28(39)36-23-6-3-5-22(15-23)29(30,31)32)11-10-20(19)12-13-25-17-33-27-26(7-4-14-38(25)27)35-24-16-34-37(2)18-24/h3-10,14-18,28,35-36,39H,11H2,1-2H3. The molecule has 0 amide bonds. The Morgan fingerprint density at radius 3 is 2.69 bits per heavy atom. The number of halogens is 3. The summed E-state index contributed by atoms with van der Waals surface area (Å²) in [7, 11) is 1.85. The van der Waals surface area contributed by atoms with Crippen LogP contribution in [-0.2, 0) is 13.2 Å². The Bertz CT molecular complexity index is 1680. The Morgan fingerprint density at radius 2 is 1.92 bits per heavy atom. The van der Waals surface area contributed by atoms with Crippen LogP contribution in [0.5, 0.6) is 0 Å². The van der Waals surface area contributed by atoms with Gasteiger partial charge in [0.15, 0.2) is 5.65 Å². The van der Waals surface area contributed by atoms with Crippen LogP contribution in [0.2, 0.25) is 0 Å². The van der Waals surface area contributed by atoms with Crippen LogP contribution in [0.25, 0.3) is 5.65 Å². The van der Waals surface area contributed by atoms with Gasteiger partial charge in [-0.3, -0.25) is 9.08 Å². The van der Waals surface area contributed by atoms with Crippen molar-refractivity contribution in [2.45, 2.75) is 25.7 Å². The Morgan fingerprint density at radius 1 is 1.08 bits per heavy atom. The SMILES string of the molecule is CC1=CC=C(C(O)Nc2cccc(C(F)(F)F)c2)CC=C1C#Cc1cnc2c(Nc3cnn(C)c3)cccn12. The normalized spacial score (nSPS) is 14.5. The summed E-state index contributed by atoms with van der Waals surface area (Å²) >= 11 is 0. The lowest BCUT2D eigenvalue weighted by Crippen LogP contribution is -2.21. The number of aliphatic hydroxyl groups excluding tert-OH is 1. The summed E-state index contributed by atoms with van der Waals surface area (Å²) in [6.07, 6.45) is 7.44. The molecule has 0 spiro atoms. The van der Waals surface area contributed by atoms with Gasteiger partial charge in [0.2, 0.25) is 0 Å². The molecule has 1 aromatic carbocycles. The number of fused-ring (bicyclic) bond motifs is 1. The van der Waals surface area contributed by atoms with E-state index in [2.05, 4.69) is 32.6 Å². The zero-order valence-electron chi connectivity index (χ0n) is 21.2. The molecule has 1 aliphatic carbocycles. The molecule has 1 atom stereocenters. The molecule has 0 saturated carbocycles. The van der Waals surface area contributed by atoms with Crippen molar-refractivity contribution in [2.24, 2.45) is 7.05 Å². The van der Waals surface area contributed by atoms with Crippen molar-refractivity contribution in [1.82, 2.24) is 19.2 Å². The van der Waals surface area contributed by atoms with Crippen LogP contribution < -0.4 is 10.6 Å². The largest absolute Gasteiger partial charge is 0.416 e. The van der Waals surface area contributed by atoms with Crippen molar-refractivity contribution < 1.29 is 18.3 Å². The molecule has 198 valence electrons. The van der Waals surface area contributed by atoms with Gasteiger partial charge in [-0.1, -0.05) is 30.2 Å². The number of hydrogen-bond donors (Lipinski definition) is 3. The molecular weight excluding hydrogens is 505 g/mol. The maximum Gasteiger partial charge on any atom is 0.416 e. The average Bonchev–Trinajstić information content (AvgIpc) is 3.45. The lowest BCUT2D eigenvalue weighted by molar-refractivity contribution is -0.137. The molecule has 3 N–H and O–H groups in total. The number of aromatic nitrogens is 4. The summed E-state index contributed by atoms with van der Waals surface area (Å²) in [6.45, 7) is 1.91. The average molecular weight is 531 g/mol. The molecule has 7 nitrogen and oxygen atoms in total. The number of imidazole rings is 1. The first-order valence-electron chi connectivity index (χ1n) is 12.1. The number of rotatable bonds is 5. The minimum atomic E-state index is -4.46. The van der Waals surface area contributed by atoms with E-state index in [4.69, 9.17) is 0 Å². The van der Waals surface area contributed by atoms with Crippen LogP contribution in [-0.4, -0.2) is 30.5 Å². The second kappa shape index (κ2) is 10.6. The van der Waals surface area contributed by atoms with E-state index < -0.39 is 18.0 Å².